The zero-order valence-corrected chi connectivity index (χ0v) is 14.7. The van der Waals surface area contributed by atoms with Crippen LogP contribution in [0.5, 0.6) is 11.5 Å². The normalized spacial score (nSPS) is 15.6. The molecule has 3 heterocycles. The first-order valence-corrected chi connectivity index (χ1v) is 8.89. The molecule has 1 aromatic carbocycles. The van der Waals surface area contributed by atoms with E-state index in [0.29, 0.717) is 55.7 Å². The van der Waals surface area contributed by atoms with Gasteiger partial charge in [-0.25, -0.2) is 9.78 Å². The third-order valence-electron chi connectivity index (χ3n) is 4.41. The molecule has 0 aliphatic carbocycles. The van der Waals surface area contributed by atoms with Crippen molar-refractivity contribution >= 4 is 23.4 Å². The summed E-state index contributed by atoms with van der Waals surface area (Å²) in [4.78, 5) is 30.0. The van der Waals surface area contributed by atoms with Crippen LogP contribution >= 0.6 is 0 Å². The third-order valence-corrected chi connectivity index (χ3v) is 4.41. The summed E-state index contributed by atoms with van der Waals surface area (Å²) >= 11 is 0. The number of urea groups is 1. The van der Waals surface area contributed by atoms with E-state index in [0.717, 1.165) is 12.0 Å². The predicted molar refractivity (Wildman–Crippen MR) is 99.1 cm³/mol. The van der Waals surface area contributed by atoms with Gasteiger partial charge in [0, 0.05) is 37.5 Å². The van der Waals surface area contributed by atoms with Crippen LogP contribution < -0.4 is 25.0 Å². The number of ether oxygens (including phenoxy) is 2. The lowest BCUT2D eigenvalue weighted by Gasteiger charge is -2.19. The molecule has 1 saturated heterocycles. The molecule has 0 spiro atoms. The smallest absolute Gasteiger partial charge is 0.319 e. The number of carbonyl (C=O) groups excluding carboxylic acids is 2. The number of pyridine rings is 1. The van der Waals surface area contributed by atoms with Crippen LogP contribution in [0.1, 0.15) is 18.4 Å². The number of aromatic nitrogens is 1. The molecule has 8 nitrogen and oxygen atoms in total. The molecule has 0 atom stereocenters. The van der Waals surface area contributed by atoms with E-state index in [9.17, 15) is 9.59 Å². The van der Waals surface area contributed by atoms with Gasteiger partial charge in [0.25, 0.3) is 0 Å². The predicted octanol–water partition coefficient (Wildman–Crippen LogP) is 2.30. The highest BCUT2D eigenvalue weighted by atomic mass is 16.6. The minimum atomic E-state index is -0.331. The summed E-state index contributed by atoms with van der Waals surface area (Å²) in [6.07, 6.45) is 3.06. The minimum Gasteiger partial charge on any atom is -0.486 e. The zero-order chi connectivity index (χ0) is 18.6. The van der Waals surface area contributed by atoms with Crippen molar-refractivity contribution in [3.63, 3.8) is 0 Å². The molecule has 140 valence electrons. The molecule has 4 rings (SSSR count). The summed E-state index contributed by atoms with van der Waals surface area (Å²) < 4.78 is 11.0. The zero-order valence-electron chi connectivity index (χ0n) is 14.7. The number of hydrogen-bond donors (Lipinski definition) is 2. The van der Waals surface area contributed by atoms with Crippen molar-refractivity contribution in [3.05, 3.63) is 42.1 Å². The van der Waals surface area contributed by atoms with Gasteiger partial charge in [0.15, 0.2) is 11.5 Å². The highest BCUT2D eigenvalue weighted by Gasteiger charge is 2.22. The molecule has 2 aliphatic heterocycles. The number of hydrogen-bond acceptors (Lipinski definition) is 5. The van der Waals surface area contributed by atoms with Gasteiger partial charge >= 0.3 is 6.03 Å². The highest BCUT2D eigenvalue weighted by Crippen LogP contribution is 2.32. The Morgan fingerprint density at radius 1 is 1.15 bits per heavy atom. The van der Waals surface area contributed by atoms with Crippen molar-refractivity contribution in [2.45, 2.75) is 19.4 Å². The Morgan fingerprint density at radius 3 is 2.81 bits per heavy atom. The second kappa shape index (κ2) is 7.53. The summed E-state index contributed by atoms with van der Waals surface area (Å²) in [6.45, 7) is 2.03. The SMILES string of the molecule is O=C(NCc1ccnc(N2CCCC2=O)c1)Nc1ccc2c(c1)OCCO2. The first-order chi connectivity index (χ1) is 13.2. The molecule has 0 saturated carbocycles. The summed E-state index contributed by atoms with van der Waals surface area (Å²) in [5.41, 5.74) is 1.49. The van der Waals surface area contributed by atoms with Crippen molar-refractivity contribution in [1.82, 2.24) is 10.3 Å². The number of benzene rings is 1. The van der Waals surface area contributed by atoms with Crippen LogP contribution in [0, 0.1) is 0 Å². The third kappa shape index (κ3) is 3.94. The van der Waals surface area contributed by atoms with Gasteiger partial charge in [0.2, 0.25) is 5.91 Å². The minimum absolute atomic E-state index is 0.0870. The first-order valence-electron chi connectivity index (χ1n) is 8.89. The van der Waals surface area contributed by atoms with Crippen LogP contribution in [-0.4, -0.2) is 36.7 Å². The highest BCUT2D eigenvalue weighted by molar-refractivity contribution is 5.94. The van der Waals surface area contributed by atoms with E-state index in [1.165, 1.54) is 0 Å². The molecule has 2 N–H and O–H groups in total. The van der Waals surface area contributed by atoms with E-state index in [1.807, 2.05) is 12.1 Å². The van der Waals surface area contributed by atoms with E-state index in [4.69, 9.17) is 9.47 Å². The molecule has 0 radical (unpaired) electrons. The maximum Gasteiger partial charge on any atom is 0.319 e. The van der Waals surface area contributed by atoms with Crippen molar-refractivity contribution in [2.75, 3.05) is 30.0 Å². The Bertz CT molecular complexity index is 871. The fraction of sp³-hybridized carbons (Fsp3) is 0.316. The summed E-state index contributed by atoms with van der Waals surface area (Å²) in [7, 11) is 0. The topological polar surface area (TPSA) is 92.8 Å². The molecule has 1 aromatic heterocycles. The van der Waals surface area contributed by atoms with E-state index in [1.54, 1.807) is 29.3 Å². The van der Waals surface area contributed by atoms with Gasteiger partial charge in [-0.3, -0.25) is 9.69 Å². The van der Waals surface area contributed by atoms with Crippen molar-refractivity contribution in [2.24, 2.45) is 0 Å². The molecule has 1 fully saturated rings. The Hall–Kier alpha value is -3.29. The van der Waals surface area contributed by atoms with Crippen LogP contribution in [0.15, 0.2) is 36.5 Å². The van der Waals surface area contributed by atoms with Crippen molar-refractivity contribution in [1.29, 1.82) is 0 Å². The Labute approximate surface area is 156 Å². The average molecular weight is 368 g/mol. The Balaban J connectivity index is 1.35. The Morgan fingerprint density at radius 2 is 2.00 bits per heavy atom. The van der Waals surface area contributed by atoms with E-state index >= 15 is 0 Å². The van der Waals surface area contributed by atoms with Crippen molar-refractivity contribution < 1.29 is 19.1 Å². The van der Waals surface area contributed by atoms with Crippen LogP contribution in [-0.2, 0) is 11.3 Å². The molecule has 3 amide bonds. The number of amides is 3. The standard InChI is InChI=1S/C19H20N4O4/c24-18-2-1-7-23(18)17-10-13(5-6-20-17)12-21-19(25)22-14-3-4-15-16(11-14)27-9-8-26-15/h3-6,10-11H,1-2,7-9,12H2,(H2,21,22,25). The lowest BCUT2D eigenvalue weighted by Crippen LogP contribution is -2.29. The fourth-order valence-corrected chi connectivity index (χ4v) is 3.09. The monoisotopic (exact) mass is 368 g/mol. The van der Waals surface area contributed by atoms with Crippen LogP contribution in [0.3, 0.4) is 0 Å². The molecule has 27 heavy (non-hydrogen) atoms. The second-order valence-electron chi connectivity index (χ2n) is 6.34. The maximum atomic E-state index is 12.2. The summed E-state index contributed by atoms with van der Waals surface area (Å²) in [5, 5.41) is 5.58. The molecule has 8 heteroatoms. The van der Waals surface area contributed by atoms with Gasteiger partial charge < -0.3 is 20.1 Å². The van der Waals surface area contributed by atoms with Crippen molar-refractivity contribution in [3.8, 4) is 11.5 Å². The number of rotatable bonds is 4. The van der Waals surface area contributed by atoms with E-state index in [2.05, 4.69) is 15.6 Å². The number of nitrogens with zero attached hydrogens (tertiary/aromatic N) is 2. The summed E-state index contributed by atoms with van der Waals surface area (Å²) in [6, 6.07) is 8.57. The maximum absolute atomic E-state index is 12.2. The molecule has 0 unspecified atom stereocenters. The quantitative estimate of drug-likeness (QED) is 0.864. The lowest BCUT2D eigenvalue weighted by atomic mass is 10.2. The van der Waals surface area contributed by atoms with Gasteiger partial charge in [0.05, 0.1) is 0 Å². The second-order valence-corrected chi connectivity index (χ2v) is 6.34. The Kier molecular flexibility index (Phi) is 4.78. The largest absolute Gasteiger partial charge is 0.486 e. The van der Waals surface area contributed by atoms with Crippen LogP contribution in [0.25, 0.3) is 0 Å². The van der Waals surface area contributed by atoms with Gasteiger partial charge in [-0.2, -0.15) is 0 Å². The van der Waals surface area contributed by atoms with Gasteiger partial charge in [0.1, 0.15) is 19.0 Å². The number of carbonyl (C=O) groups is 2. The van der Waals surface area contributed by atoms with Crippen LogP contribution in [0.2, 0.25) is 0 Å². The fourth-order valence-electron chi connectivity index (χ4n) is 3.09. The molecular formula is C19H20N4O4. The van der Waals surface area contributed by atoms with E-state index in [-0.39, 0.29) is 11.9 Å². The average Bonchev–Trinajstić information content (AvgIpc) is 3.12. The van der Waals surface area contributed by atoms with Gasteiger partial charge in [-0.15, -0.1) is 0 Å². The molecule has 2 aliphatic rings. The lowest BCUT2D eigenvalue weighted by molar-refractivity contribution is -0.117. The van der Waals surface area contributed by atoms with Crippen LogP contribution in [0.4, 0.5) is 16.3 Å². The number of anilines is 2. The molecular weight excluding hydrogens is 348 g/mol. The first kappa shape index (κ1) is 17.1. The van der Waals surface area contributed by atoms with Gasteiger partial charge in [-0.1, -0.05) is 0 Å². The van der Waals surface area contributed by atoms with E-state index < -0.39 is 0 Å². The summed E-state index contributed by atoms with van der Waals surface area (Å²) in [5.74, 6) is 2.01. The number of nitrogens with one attached hydrogen (secondary N) is 2. The molecule has 0 bridgehead atoms. The number of fused-ring (bicyclic) bond motifs is 1. The molecule has 2 aromatic rings. The van der Waals surface area contributed by atoms with Gasteiger partial charge in [-0.05, 0) is 36.2 Å².